The molecule has 9 rings (SSSR count). The molecule has 0 radical (unpaired) electrons. The molecule has 0 amide bonds. The fraction of sp³-hybridized carbons (Fsp3) is 0.0238. The van der Waals surface area contributed by atoms with Crippen LogP contribution in [0.4, 0.5) is 0 Å². The third-order valence-electron chi connectivity index (χ3n) is 8.23. The van der Waals surface area contributed by atoms with Gasteiger partial charge >= 0.3 is 42.1 Å². The van der Waals surface area contributed by atoms with Gasteiger partial charge in [-0.25, -0.2) is 15.0 Å². The summed E-state index contributed by atoms with van der Waals surface area (Å²) < 4.78 is 16.4. The van der Waals surface area contributed by atoms with Crippen molar-refractivity contribution in [2.45, 2.75) is 0 Å². The summed E-state index contributed by atoms with van der Waals surface area (Å²) in [5.74, 6) is 2.52. The van der Waals surface area contributed by atoms with Crippen molar-refractivity contribution < 1.29 is 51.6 Å². The maximum Gasteiger partial charge on any atom is 2.00 e. The van der Waals surface area contributed by atoms with Crippen molar-refractivity contribution in [1.29, 1.82) is 0 Å². The molecular formula is C42H25N7O2Pt2. The quantitative estimate of drug-likeness (QED) is 0.141. The minimum absolute atomic E-state index is 0. The van der Waals surface area contributed by atoms with Gasteiger partial charge in [-0.05, 0) is 23.5 Å². The van der Waals surface area contributed by atoms with Crippen LogP contribution in [-0.2, 0) is 49.2 Å². The Morgan fingerprint density at radius 2 is 1.04 bits per heavy atom. The Morgan fingerprint density at radius 3 is 1.51 bits per heavy atom. The smallest absolute Gasteiger partial charge is 0.503 e. The Kier molecular flexibility index (Phi) is 10.4. The SMILES string of the molecule is Cn1cnc(-c2cnc(-n3c4[c-]c(Oc5[c-]c(-c6ccccn6)ccc5)ccc4c4ccc(Oc5[c-]c(-c6ccccn6)ccc5)[c-]c43)nc2)c1.[Pt+2].[Pt+2]. The van der Waals surface area contributed by atoms with E-state index in [0.717, 1.165) is 44.5 Å². The molecule has 5 aromatic heterocycles. The van der Waals surface area contributed by atoms with E-state index in [0.29, 0.717) is 40.0 Å². The largest absolute Gasteiger partial charge is 2.00 e. The summed E-state index contributed by atoms with van der Waals surface area (Å²) in [6, 6.07) is 44.4. The molecule has 260 valence electrons. The molecule has 0 saturated heterocycles. The van der Waals surface area contributed by atoms with Gasteiger partial charge in [-0.2, -0.15) is 22.9 Å². The van der Waals surface area contributed by atoms with Crippen molar-refractivity contribution in [3.63, 3.8) is 0 Å². The summed E-state index contributed by atoms with van der Waals surface area (Å²) in [4.78, 5) is 22.9. The van der Waals surface area contributed by atoms with Crippen molar-refractivity contribution in [3.05, 3.63) is 159 Å². The first-order valence-electron chi connectivity index (χ1n) is 16.1. The Morgan fingerprint density at radius 1 is 0.509 bits per heavy atom. The molecule has 0 fully saturated rings. The first-order chi connectivity index (χ1) is 25.1. The fourth-order valence-corrected chi connectivity index (χ4v) is 5.87. The van der Waals surface area contributed by atoms with Crippen LogP contribution in [0.3, 0.4) is 0 Å². The van der Waals surface area contributed by atoms with Gasteiger partial charge in [-0.15, -0.1) is 71.8 Å². The Bertz CT molecular complexity index is 2520. The zero-order valence-electron chi connectivity index (χ0n) is 27.8. The van der Waals surface area contributed by atoms with Crippen molar-refractivity contribution in [2.24, 2.45) is 7.05 Å². The maximum atomic E-state index is 6.32. The molecule has 0 spiro atoms. The van der Waals surface area contributed by atoms with Crippen molar-refractivity contribution in [1.82, 2.24) is 34.1 Å². The number of ether oxygens (including phenoxy) is 2. The van der Waals surface area contributed by atoms with Crippen LogP contribution in [0.5, 0.6) is 23.0 Å². The van der Waals surface area contributed by atoms with Gasteiger partial charge in [0.1, 0.15) is 0 Å². The second kappa shape index (κ2) is 15.5. The van der Waals surface area contributed by atoms with E-state index in [4.69, 9.17) is 19.4 Å². The molecule has 53 heavy (non-hydrogen) atoms. The van der Waals surface area contributed by atoms with Crippen LogP contribution >= 0.6 is 0 Å². The predicted molar refractivity (Wildman–Crippen MR) is 193 cm³/mol. The van der Waals surface area contributed by atoms with E-state index in [2.05, 4.69) is 39.2 Å². The molecule has 4 aromatic carbocycles. The first-order valence-corrected chi connectivity index (χ1v) is 16.1. The molecule has 0 aliphatic carbocycles. The average molecular weight is 1050 g/mol. The predicted octanol–water partition coefficient (Wildman–Crippen LogP) is 8.88. The minimum Gasteiger partial charge on any atom is -0.503 e. The number of hydrogen-bond acceptors (Lipinski definition) is 7. The van der Waals surface area contributed by atoms with Gasteiger partial charge in [-0.3, -0.25) is 0 Å². The first kappa shape index (κ1) is 35.6. The Hall–Kier alpha value is -5.75. The number of nitrogens with zero attached hydrogens (tertiary/aromatic N) is 7. The van der Waals surface area contributed by atoms with Gasteiger partial charge in [0, 0.05) is 66.6 Å². The molecule has 0 aliphatic rings. The minimum atomic E-state index is 0. The van der Waals surface area contributed by atoms with E-state index in [1.54, 1.807) is 31.1 Å². The molecule has 5 heterocycles. The normalized spacial score (nSPS) is 10.8. The number of aryl methyl sites for hydroxylation is 1. The second-order valence-corrected chi connectivity index (χ2v) is 11.7. The summed E-state index contributed by atoms with van der Waals surface area (Å²) in [5.41, 5.74) is 6.28. The molecule has 0 N–H and O–H groups in total. The molecule has 0 saturated carbocycles. The van der Waals surface area contributed by atoms with Crippen LogP contribution in [0, 0.1) is 24.3 Å². The molecule has 0 atom stereocenters. The number of fused-ring (bicyclic) bond motifs is 3. The van der Waals surface area contributed by atoms with Gasteiger partial charge in [0.2, 0.25) is 5.95 Å². The molecule has 0 bridgehead atoms. The van der Waals surface area contributed by atoms with Crippen LogP contribution in [0.2, 0.25) is 0 Å². The number of rotatable bonds is 8. The van der Waals surface area contributed by atoms with Crippen LogP contribution in [-0.4, -0.2) is 34.1 Å². The van der Waals surface area contributed by atoms with Gasteiger partial charge in [0.15, 0.2) is 0 Å². The molecular weight excluding hydrogens is 1020 g/mol. The van der Waals surface area contributed by atoms with E-state index in [1.807, 2.05) is 119 Å². The van der Waals surface area contributed by atoms with Gasteiger partial charge in [0.25, 0.3) is 0 Å². The van der Waals surface area contributed by atoms with Crippen LogP contribution in [0.1, 0.15) is 0 Å². The van der Waals surface area contributed by atoms with Crippen molar-refractivity contribution >= 4 is 21.8 Å². The monoisotopic (exact) mass is 1050 g/mol. The van der Waals surface area contributed by atoms with Gasteiger partial charge in [-0.1, -0.05) is 47.4 Å². The molecule has 9 aromatic rings. The summed E-state index contributed by atoms with van der Waals surface area (Å²) in [7, 11) is 1.92. The van der Waals surface area contributed by atoms with Gasteiger partial charge < -0.3 is 28.6 Å². The topological polar surface area (TPSA) is 92.8 Å². The van der Waals surface area contributed by atoms with E-state index in [-0.39, 0.29) is 42.1 Å². The molecule has 11 heteroatoms. The second-order valence-electron chi connectivity index (χ2n) is 11.7. The molecule has 0 unspecified atom stereocenters. The zero-order chi connectivity index (χ0) is 34.1. The van der Waals surface area contributed by atoms with Crippen LogP contribution < -0.4 is 9.47 Å². The summed E-state index contributed by atoms with van der Waals surface area (Å²) in [5, 5.41) is 1.85. The van der Waals surface area contributed by atoms with E-state index >= 15 is 0 Å². The Balaban J connectivity index is 0.00000218. The van der Waals surface area contributed by atoms with Crippen LogP contribution in [0.15, 0.2) is 134 Å². The summed E-state index contributed by atoms with van der Waals surface area (Å²) >= 11 is 0. The summed E-state index contributed by atoms with van der Waals surface area (Å²) in [6.07, 6.45) is 10.7. The zero-order valence-corrected chi connectivity index (χ0v) is 32.3. The fourth-order valence-electron chi connectivity index (χ4n) is 5.87. The van der Waals surface area contributed by atoms with Crippen LogP contribution in [0.25, 0.3) is 61.5 Å². The number of aromatic nitrogens is 7. The number of imidazole rings is 1. The number of hydrogen-bond donors (Lipinski definition) is 0. The Labute approximate surface area is 333 Å². The third kappa shape index (κ3) is 7.32. The molecule has 0 aliphatic heterocycles. The van der Waals surface area contributed by atoms with Gasteiger partial charge in [0.05, 0.1) is 12.0 Å². The number of pyridine rings is 2. The number of benzene rings is 4. The van der Waals surface area contributed by atoms with E-state index < -0.39 is 0 Å². The third-order valence-corrected chi connectivity index (χ3v) is 8.23. The molecule has 9 nitrogen and oxygen atoms in total. The van der Waals surface area contributed by atoms with E-state index in [1.165, 1.54) is 0 Å². The van der Waals surface area contributed by atoms with Crippen molar-refractivity contribution in [3.8, 4) is 62.7 Å². The van der Waals surface area contributed by atoms with Crippen molar-refractivity contribution in [2.75, 3.05) is 0 Å². The maximum absolute atomic E-state index is 6.32. The van der Waals surface area contributed by atoms with E-state index in [9.17, 15) is 0 Å². The average Bonchev–Trinajstić information content (AvgIpc) is 3.76. The summed E-state index contributed by atoms with van der Waals surface area (Å²) in [6.45, 7) is 0. The standard InChI is InChI=1S/C42H25N7O2.2Pt/c1-48-26-39(47-27-48)30-24-45-42(46-25-30)49-40-22-33(50-31-10-6-8-28(20-31)37-12-2-4-18-43-37)14-16-35(40)36-17-15-34(23-41(36)49)51-32-11-7-9-29(21-32)38-13-3-5-19-44-38;;/h2-19,24-27H,1H3;;/q-4;2*+2.